The zero-order valence-corrected chi connectivity index (χ0v) is 13.8. The summed E-state index contributed by atoms with van der Waals surface area (Å²) in [4.78, 5) is 7.61. The van der Waals surface area contributed by atoms with Crippen LogP contribution in [0.1, 0.15) is 12.4 Å². The number of imidazole rings is 1. The van der Waals surface area contributed by atoms with Crippen molar-refractivity contribution in [3.8, 4) is 11.4 Å². The normalized spacial score (nSPS) is 12.1. The predicted molar refractivity (Wildman–Crippen MR) is 82.3 cm³/mol. The first-order valence-electron chi connectivity index (χ1n) is 7.18. The molecule has 0 unspecified atom stereocenters. The van der Waals surface area contributed by atoms with E-state index < -0.39 is 19.3 Å². The Balaban J connectivity index is 1.89. The zero-order valence-electron chi connectivity index (χ0n) is 12.9. The molecule has 0 aromatic carbocycles. The molecule has 138 valence electrons. The van der Waals surface area contributed by atoms with Gasteiger partial charge in [0.1, 0.15) is 12.4 Å². The van der Waals surface area contributed by atoms with E-state index in [1.165, 1.54) is 30.7 Å². The van der Waals surface area contributed by atoms with Crippen molar-refractivity contribution in [1.29, 1.82) is 0 Å². The summed E-state index contributed by atoms with van der Waals surface area (Å²) in [5, 5.41) is 7.56. The molecule has 0 N–H and O–H groups in total. The summed E-state index contributed by atoms with van der Waals surface area (Å²) in [5.74, 6) is -0.0367. The van der Waals surface area contributed by atoms with E-state index in [0.29, 0.717) is 10.1 Å². The quantitative estimate of drug-likeness (QED) is 0.474. The first kappa shape index (κ1) is 18.3. The summed E-state index contributed by atoms with van der Waals surface area (Å²) < 4.78 is 66.1. The third kappa shape index (κ3) is 4.18. The van der Waals surface area contributed by atoms with Crippen LogP contribution in [0.5, 0.6) is 0 Å². The number of nitrogens with zero attached hydrogens (tertiary/aromatic N) is 6. The fraction of sp³-hybridized carbons (Fsp3) is 0.286. The number of alkyl halides is 5. The highest BCUT2D eigenvalue weighted by molar-refractivity contribution is 7.98. The lowest BCUT2D eigenvalue weighted by Crippen LogP contribution is -2.19. The lowest BCUT2D eigenvalue weighted by Gasteiger charge is -2.12. The van der Waals surface area contributed by atoms with Crippen molar-refractivity contribution in [3.05, 3.63) is 42.7 Å². The van der Waals surface area contributed by atoms with Crippen molar-refractivity contribution < 1.29 is 22.0 Å². The van der Waals surface area contributed by atoms with Gasteiger partial charge in [0.05, 0.1) is 5.75 Å². The Labute approximate surface area is 148 Å². The van der Waals surface area contributed by atoms with Crippen molar-refractivity contribution in [1.82, 2.24) is 29.3 Å². The SMILES string of the molecule is FC(F)n1ccnc1CSc1nnc(-c2ccncc2)n1CC(F)(F)F. The zero-order chi connectivity index (χ0) is 18.7. The van der Waals surface area contributed by atoms with E-state index in [-0.39, 0.29) is 22.6 Å². The van der Waals surface area contributed by atoms with Gasteiger partial charge in [-0.25, -0.2) is 4.98 Å². The highest BCUT2D eigenvalue weighted by Crippen LogP contribution is 2.30. The Morgan fingerprint density at radius 3 is 2.46 bits per heavy atom. The predicted octanol–water partition coefficient (Wildman–Crippen LogP) is 3.79. The first-order chi connectivity index (χ1) is 12.3. The molecule has 0 aliphatic heterocycles. The Kier molecular flexibility index (Phi) is 5.20. The molecule has 0 spiro atoms. The highest BCUT2D eigenvalue weighted by atomic mass is 32.2. The summed E-state index contributed by atoms with van der Waals surface area (Å²) in [5.41, 5.74) is 0.415. The first-order valence-corrected chi connectivity index (χ1v) is 8.17. The number of rotatable bonds is 6. The second kappa shape index (κ2) is 7.40. The summed E-state index contributed by atoms with van der Waals surface area (Å²) in [6.45, 7) is -4.09. The van der Waals surface area contributed by atoms with Crippen molar-refractivity contribution in [2.24, 2.45) is 0 Å². The Bertz CT molecular complexity index is 860. The molecule has 0 aliphatic carbocycles. The Morgan fingerprint density at radius 1 is 1.08 bits per heavy atom. The second-order valence-electron chi connectivity index (χ2n) is 5.06. The van der Waals surface area contributed by atoms with Crippen molar-refractivity contribution in [2.45, 2.75) is 30.2 Å². The van der Waals surface area contributed by atoms with E-state index in [9.17, 15) is 22.0 Å². The Morgan fingerprint density at radius 2 is 1.81 bits per heavy atom. The van der Waals surface area contributed by atoms with Crippen LogP contribution in [0.25, 0.3) is 11.4 Å². The molecular weight excluding hydrogens is 379 g/mol. The molecule has 12 heteroatoms. The van der Waals surface area contributed by atoms with Gasteiger partial charge in [0.2, 0.25) is 0 Å². The third-order valence-corrected chi connectivity index (χ3v) is 4.25. The van der Waals surface area contributed by atoms with Gasteiger partial charge >= 0.3 is 12.7 Å². The Hall–Kier alpha value is -2.50. The monoisotopic (exact) mass is 390 g/mol. The van der Waals surface area contributed by atoms with E-state index in [4.69, 9.17) is 0 Å². The van der Waals surface area contributed by atoms with Crippen LogP contribution in [0.2, 0.25) is 0 Å². The van der Waals surface area contributed by atoms with Crippen LogP contribution < -0.4 is 0 Å². The second-order valence-corrected chi connectivity index (χ2v) is 6.00. The molecule has 0 radical (unpaired) electrons. The fourth-order valence-corrected chi connectivity index (χ4v) is 3.08. The van der Waals surface area contributed by atoms with Gasteiger partial charge in [0.15, 0.2) is 11.0 Å². The molecule has 3 rings (SSSR count). The molecular formula is C14H11F5N6S. The van der Waals surface area contributed by atoms with Gasteiger partial charge in [0.25, 0.3) is 0 Å². The lowest BCUT2D eigenvalue weighted by molar-refractivity contribution is -0.141. The van der Waals surface area contributed by atoms with Gasteiger partial charge in [-0.15, -0.1) is 10.2 Å². The van der Waals surface area contributed by atoms with Crippen molar-refractivity contribution >= 4 is 11.8 Å². The molecule has 3 aromatic rings. The molecule has 3 aromatic heterocycles. The van der Waals surface area contributed by atoms with Crippen molar-refractivity contribution in [2.75, 3.05) is 0 Å². The van der Waals surface area contributed by atoms with Gasteiger partial charge in [-0.2, -0.15) is 22.0 Å². The summed E-state index contributed by atoms with van der Waals surface area (Å²) >= 11 is 0.850. The summed E-state index contributed by atoms with van der Waals surface area (Å²) in [7, 11) is 0. The largest absolute Gasteiger partial charge is 0.406 e. The molecule has 0 bridgehead atoms. The molecule has 3 heterocycles. The van der Waals surface area contributed by atoms with Gasteiger partial charge in [-0.3, -0.25) is 14.1 Å². The van der Waals surface area contributed by atoms with Crippen LogP contribution in [0.3, 0.4) is 0 Å². The molecule has 6 nitrogen and oxygen atoms in total. The van der Waals surface area contributed by atoms with Crippen LogP contribution in [-0.4, -0.2) is 35.5 Å². The minimum atomic E-state index is -4.50. The molecule has 0 saturated carbocycles. The average Bonchev–Trinajstić information content (AvgIpc) is 3.19. The lowest BCUT2D eigenvalue weighted by atomic mass is 10.2. The van der Waals surface area contributed by atoms with Gasteiger partial charge in [-0.05, 0) is 12.1 Å². The molecule has 0 aliphatic rings. The van der Waals surface area contributed by atoms with E-state index in [0.717, 1.165) is 22.5 Å². The molecule has 0 saturated heterocycles. The van der Waals surface area contributed by atoms with Crippen LogP contribution in [0, 0.1) is 0 Å². The minimum absolute atomic E-state index is 0.0180. The molecule has 0 atom stereocenters. The number of aromatic nitrogens is 6. The highest BCUT2D eigenvalue weighted by Gasteiger charge is 2.31. The van der Waals surface area contributed by atoms with Gasteiger partial charge in [-0.1, -0.05) is 11.8 Å². The van der Waals surface area contributed by atoms with Crippen LogP contribution in [-0.2, 0) is 12.3 Å². The number of halogens is 5. The van der Waals surface area contributed by atoms with Crippen LogP contribution in [0.4, 0.5) is 22.0 Å². The van der Waals surface area contributed by atoms with E-state index in [2.05, 4.69) is 20.2 Å². The topological polar surface area (TPSA) is 61.4 Å². The fourth-order valence-electron chi connectivity index (χ4n) is 2.19. The number of hydrogen-bond acceptors (Lipinski definition) is 5. The number of hydrogen-bond donors (Lipinski definition) is 0. The number of pyridine rings is 1. The average molecular weight is 390 g/mol. The molecule has 0 fully saturated rings. The third-order valence-electron chi connectivity index (χ3n) is 3.28. The van der Waals surface area contributed by atoms with Crippen LogP contribution >= 0.6 is 11.8 Å². The smallest absolute Gasteiger partial charge is 0.293 e. The molecule has 26 heavy (non-hydrogen) atoms. The van der Waals surface area contributed by atoms with Crippen LogP contribution in [0.15, 0.2) is 42.1 Å². The maximum atomic E-state index is 13.0. The van der Waals surface area contributed by atoms with E-state index in [1.54, 1.807) is 0 Å². The van der Waals surface area contributed by atoms with Gasteiger partial charge in [0, 0.05) is 30.4 Å². The maximum Gasteiger partial charge on any atom is 0.406 e. The standard InChI is InChI=1S/C14H11F5N6S/c15-12(16)24-6-5-21-10(24)7-26-13-23-22-11(9-1-3-20-4-2-9)25(13)8-14(17,18)19/h1-6,12H,7-8H2. The molecule has 0 amide bonds. The maximum absolute atomic E-state index is 13.0. The van der Waals surface area contributed by atoms with Crippen molar-refractivity contribution in [3.63, 3.8) is 0 Å². The van der Waals surface area contributed by atoms with E-state index >= 15 is 0 Å². The van der Waals surface area contributed by atoms with Gasteiger partial charge < -0.3 is 0 Å². The summed E-state index contributed by atoms with van der Waals surface area (Å²) in [6, 6.07) is 3.02. The minimum Gasteiger partial charge on any atom is -0.293 e. The number of thioether (sulfide) groups is 1. The van der Waals surface area contributed by atoms with E-state index in [1.807, 2.05) is 0 Å². The summed E-state index contributed by atoms with van der Waals surface area (Å²) in [6.07, 6.45) is 0.650.